The summed E-state index contributed by atoms with van der Waals surface area (Å²) in [5, 5.41) is 0. The van der Waals surface area contributed by atoms with Gasteiger partial charge in [-0.3, -0.25) is 0 Å². The van der Waals surface area contributed by atoms with Crippen molar-refractivity contribution in [3.8, 4) is 0 Å². The Kier molecular flexibility index (Phi) is 3.66. The Balaban J connectivity index is 2.16. The van der Waals surface area contributed by atoms with Crippen molar-refractivity contribution in [2.45, 2.75) is 18.8 Å². The number of halogens is 1. The van der Waals surface area contributed by atoms with Crippen molar-refractivity contribution in [1.29, 1.82) is 0 Å². The summed E-state index contributed by atoms with van der Waals surface area (Å²) in [5.41, 5.74) is 1.14. The fraction of sp³-hybridized carbons (Fsp3) is 0.583. The van der Waals surface area contributed by atoms with E-state index in [1.165, 1.54) is 0 Å². The molecule has 0 radical (unpaired) electrons. The van der Waals surface area contributed by atoms with Gasteiger partial charge in [-0.25, -0.2) is 4.98 Å². The second kappa shape index (κ2) is 5.02. The molecule has 0 aromatic carbocycles. The summed E-state index contributed by atoms with van der Waals surface area (Å²) in [6.45, 7) is 5.46. The summed E-state index contributed by atoms with van der Waals surface area (Å²) < 4.78 is 0. The highest BCUT2D eigenvalue weighted by molar-refractivity contribution is 6.17. The smallest absolute Gasteiger partial charge is 0.129 e. The van der Waals surface area contributed by atoms with Crippen LogP contribution >= 0.6 is 11.6 Å². The molecule has 2 rings (SSSR count). The van der Waals surface area contributed by atoms with Gasteiger partial charge in [0.25, 0.3) is 0 Å². The highest BCUT2D eigenvalue weighted by Crippen LogP contribution is 2.19. The number of likely N-dealkylation sites (N-methyl/N-ethyl adjacent to an activating group) is 1. The Morgan fingerprint density at radius 1 is 1.50 bits per heavy atom. The van der Waals surface area contributed by atoms with Gasteiger partial charge in [-0.1, -0.05) is 0 Å². The standard InChI is InChI=1S/C12H18ClN3/c1-10-9-15(2)5-6-16(10)12-7-11(8-13)3-4-14-12/h3-4,7,10H,5-6,8-9H2,1-2H3. The zero-order valence-corrected chi connectivity index (χ0v) is 10.6. The molecule has 1 aromatic rings. The average molecular weight is 240 g/mol. The number of rotatable bonds is 2. The monoisotopic (exact) mass is 239 g/mol. The van der Waals surface area contributed by atoms with Crippen molar-refractivity contribution in [1.82, 2.24) is 9.88 Å². The lowest BCUT2D eigenvalue weighted by Gasteiger charge is -2.39. The molecule has 0 spiro atoms. The Morgan fingerprint density at radius 3 is 3.00 bits per heavy atom. The molecule has 1 aromatic heterocycles. The number of hydrogen-bond donors (Lipinski definition) is 0. The van der Waals surface area contributed by atoms with Crippen molar-refractivity contribution in [3.05, 3.63) is 23.9 Å². The van der Waals surface area contributed by atoms with Crippen molar-refractivity contribution in [3.63, 3.8) is 0 Å². The molecule has 0 N–H and O–H groups in total. The topological polar surface area (TPSA) is 19.4 Å². The van der Waals surface area contributed by atoms with Crippen LogP contribution in [0.15, 0.2) is 18.3 Å². The van der Waals surface area contributed by atoms with Crippen LogP contribution in [0.2, 0.25) is 0 Å². The maximum atomic E-state index is 5.84. The molecule has 2 heterocycles. The first-order valence-electron chi connectivity index (χ1n) is 5.67. The molecule has 1 aliphatic rings. The summed E-state index contributed by atoms with van der Waals surface area (Å²) in [4.78, 5) is 9.15. The lowest BCUT2D eigenvalue weighted by Crippen LogP contribution is -2.50. The van der Waals surface area contributed by atoms with E-state index < -0.39 is 0 Å². The molecule has 1 fully saturated rings. The molecule has 0 bridgehead atoms. The first-order valence-corrected chi connectivity index (χ1v) is 6.20. The Hall–Kier alpha value is -0.800. The third kappa shape index (κ3) is 2.47. The van der Waals surface area contributed by atoms with Crippen molar-refractivity contribution >= 4 is 17.4 Å². The van der Waals surface area contributed by atoms with Crippen LogP contribution in [-0.2, 0) is 5.88 Å². The predicted molar refractivity (Wildman–Crippen MR) is 68.1 cm³/mol. The molecule has 88 valence electrons. The van der Waals surface area contributed by atoms with Gasteiger partial charge in [-0.2, -0.15) is 0 Å². The molecule has 0 amide bonds. The van der Waals surface area contributed by atoms with Gasteiger partial charge in [0.1, 0.15) is 5.82 Å². The van der Waals surface area contributed by atoms with Crippen LogP contribution in [0.25, 0.3) is 0 Å². The number of anilines is 1. The second-order valence-corrected chi connectivity index (χ2v) is 4.73. The molecule has 3 nitrogen and oxygen atoms in total. The normalized spacial score (nSPS) is 22.4. The fourth-order valence-corrected chi connectivity index (χ4v) is 2.35. The van der Waals surface area contributed by atoms with Crippen molar-refractivity contribution < 1.29 is 0 Å². The molecule has 1 aliphatic heterocycles. The van der Waals surface area contributed by atoms with E-state index in [1.807, 2.05) is 12.3 Å². The maximum Gasteiger partial charge on any atom is 0.129 e. The second-order valence-electron chi connectivity index (χ2n) is 4.46. The van der Waals surface area contributed by atoms with E-state index in [4.69, 9.17) is 11.6 Å². The van der Waals surface area contributed by atoms with Crippen LogP contribution in [0, 0.1) is 0 Å². The number of aromatic nitrogens is 1. The number of alkyl halides is 1. The van der Waals surface area contributed by atoms with E-state index in [2.05, 4.69) is 34.8 Å². The maximum absolute atomic E-state index is 5.84. The highest BCUT2D eigenvalue weighted by atomic mass is 35.5. The summed E-state index contributed by atoms with van der Waals surface area (Å²) in [7, 11) is 2.16. The Bertz CT molecular complexity index is 356. The van der Waals surface area contributed by atoms with Crippen LogP contribution in [0.4, 0.5) is 5.82 Å². The third-order valence-corrected chi connectivity index (χ3v) is 3.40. The molecule has 4 heteroatoms. The van der Waals surface area contributed by atoms with Gasteiger partial charge in [0, 0.05) is 37.8 Å². The first kappa shape index (κ1) is 11.7. The van der Waals surface area contributed by atoms with Gasteiger partial charge in [0.05, 0.1) is 0 Å². The average Bonchev–Trinajstić information content (AvgIpc) is 2.29. The Labute approximate surface area is 102 Å². The lowest BCUT2D eigenvalue weighted by atomic mass is 10.2. The zero-order chi connectivity index (χ0) is 11.5. The number of hydrogen-bond acceptors (Lipinski definition) is 3. The molecule has 0 aliphatic carbocycles. The minimum absolute atomic E-state index is 0.511. The van der Waals surface area contributed by atoms with Crippen LogP contribution in [-0.4, -0.2) is 42.6 Å². The lowest BCUT2D eigenvalue weighted by molar-refractivity contribution is 0.274. The van der Waals surface area contributed by atoms with Gasteiger partial charge in [0.2, 0.25) is 0 Å². The van der Waals surface area contributed by atoms with E-state index in [-0.39, 0.29) is 0 Å². The van der Waals surface area contributed by atoms with Crippen LogP contribution in [0.3, 0.4) is 0 Å². The number of pyridine rings is 1. The minimum Gasteiger partial charge on any atom is -0.351 e. The van der Waals surface area contributed by atoms with E-state index >= 15 is 0 Å². The van der Waals surface area contributed by atoms with E-state index in [9.17, 15) is 0 Å². The number of piperazine rings is 1. The molecular weight excluding hydrogens is 222 g/mol. The predicted octanol–water partition coefficient (Wildman–Crippen LogP) is 1.96. The molecule has 1 atom stereocenters. The van der Waals surface area contributed by atoms with Gasteiger partial charge >= 0.3 is 0 Å². The summed E-state index contributed by atoms with van der Waals surface area (Å²) in [5.74, 6) is 1.61. The van der Waals surface area contributed by atoms with Gasteiger partial charge in [-0.15, -0.1) is 11.6 Å². The van der Waals surface area contributed by atoms with Crippen LogP contribution in [0.5, 0.6) is 0 Å². The zero-order valence-electron chi connectivity index (χ0n) is 9.86. The van der Waals surface area contributed by atoms with E-state index in [1.54, 1.807) is 0 Å². The first-order chi connectivity index (χ1) is 7.70. The van der Waals surface area contributed by atoms with Crippen molar-refractivity contribution in [2.75, 3.05) is 31.6 Å². The molecule has 1 saturated heterocycles. The van der Waals surface area contributed by atoms with Crippen LogP contribution in [0.1, 0.15) is 12.5 Å². The van der Waals surface area contributed by atoms with Gasteiger partial charge in [-0.05, 0) is 31.7 Å². The summed E-state index contributed by atoms with van der Waals surface area (Å²) in [6, 6.07) is 4.57. The largest absolute Gasteiger partial charge is 0.351 e. The highest BCUT2D eigenvalue weighted by Gasteiger charge is 2.22. The SMILES string of the molecule is CC1CN(C)CCN1c1cc(CCl)ccn1. The summed E-state index contributed by atoms with van der Waals surface area (Å²) in [6.07, 6.45) is 1.85. The Morgan fingerprint density at radius 2 is 2.31 bits per heavy atom. The molecular formula is C12H18ClN3. The molecule has 0 saturated carbocycles. The summed E-state index contributed by atoms with van der Waals surface area (Å²) >= 11 is 5.84. The minimum atomic E-state index is 0.511. The van der Waals surface area contributed by atoms with Gasteiger partial charge in [0.15, 0.2) is 0 Å². The van der Waals surface area contributed by atoms with Gasteiger partial charge < -0.3 is 9.80 Å². The van der Waals surface area contributed by atoms with E-state index in [0.29, 0.717) is 11.9 Å². The fourth-order valence-electron chi connectivity index (χ4n) is 2.18. The van der Waals surface area contributed by atoms with E-state index in [0.717, 1.165) is 31.0 Å². The third-order valence-electron chi connectivity index (χ3n) is 3.09. The van der Waals surface area contributed by atoms with Crippen molar-refractivity contribution in [2.24, 2.45) is 0 Å². The quantitative estimate of drug-likeness (QED) is 0.736. The molecule has 1 unspecified atom stereocenters. The van der Waals surface area contributed by atoms with Crippen LogP contribution < -0.4 is 4.90 Å². The number of nitrogens with zero attached hydrogens (tertiary/aromatic N) is 3. The molecule has 16 heavy (non-hydrogen) atoms.